The highest BCUT2D eigenvalue weighted by atomic mass is 16.1. The van der Waals surface area contributed by atoms with Crippen molar-refractivity contribution in [1.29, 1.82) is 0 Å². The third-order valence-corrected chi connectivity index (χ3v) is 5.38. The third kappa shape index (κ3) is 6.32. The minimum atomic E-state index is 0.0940. The van der Waals surface area contributed by atoms with E-state index in [-0.39, 0.29) is 5.91 Å². The molecule has 0 aromatic heterocycles. The zero-order valence-corrected chi connectivity index (χ0v) is 17.0. The normalized spacial score (nSPS) is 15.8. The second-order valence-corrected chi connectivity index (χ2v) is 7.55. The largest absolute Gasteiger partial charge is 0.326 e. The molecule has 0 aliphatic carbocycles. The van der Waals surface area contributed by atoms with E-state index in [1.165, 1.54) is 16.7 Å². The van der Waals surface area contributed by atoms with Crippen LogP contribution in [-0.2, 0) is 4.79 Å². The van der Waals surface area contributed by atoms with Crippen LogP contribution in [0.5, 0.6) is 0 Å². The van der Waals surface area contributed by atoms with Crippen molar-refractivity contribution in [2.24, 2.45) is 0 Å². The summed E-state index contributed by atoms with van der Waals surface area (Å²) in [6, 6.07) is 16.5. The summed E-state index contributed by atoms with van der Waals surface area (Å²) in [5.74, 6) is 0.0940. The van der Waals surface area contributed by atoms with E-state index < -0.39 is 0 Å². The van der Waals surface area contributed by atoms with E-state index >= 15 is 0 Å². The fraction of sp³-hybridized carbons (Fsp3) is 0.375. The Balaban J connectivity index is 1.34. The molecule has 1 fully saturated rings. The zero-order valence-electron chi connectivity index (χ0n) is 17.0. The molecule has 2 aromatic rings. The van der Waals surface area contributed by atoms with Crippen LogP contribution in [0.3, 0.4) is 0 Å². The predicted octanol–water partition coefficient (Wildman–Crippen LogP) is 3.96. The molecule has 148 valence electrons. The number of hydrogen-bond donors (Lipinski definition) is 1. The van der Waals surface area contributed by atoms with Gasteiger partial charge in [-0.05, 0) is 42.7 Å². The first-order chi connectivity index (χ1) is 13.6. The predicted molar refractivity (Wildman–Crippen MR) is 118 cm³/mol. The van der Waals surface area contributed by atoms with Crippen molar-refractivity contribution in [3.63, 3.8) is 0 Å². The van der Waals surface area contributed by atoms with Crippen LogP contribution in [0.15, 0.2) is 54.6 Å². The standard InChI is InChI=1S/C24H31N3O/c1-20-10-11-23(19-21(20)2)25-24(28)12-14-27-17-15-26(16-18-27)13-6-9-22-7-4-3-5-8-22/h3-11,19H,12-18H2,1-2H3,(H,25,28)/b9-6-. The smallest absolute Gasteiger partial charge is 0.225 e. The summed E-state index contributed by atoms with van der Waals surface area (Å²) in [6.45, 7) is 10.1. The molecule has 0 radical (unpaired) electrons. The first-order valence-corrected chi connectivity index (χ1v) is 10.1. The van der Waals surface area contributed by atoms with E-state index in [9.17, 15) is 4.79 Å². The quantitative estimate of drug-likeness (QED) is 0.793. The van der Waals surface area contributed by atoms with E-state index in [1.807, 2.05) is 18.2 Å². The molecule has 0 unspecified atom stereocenters. The van der Waals surface area contributed by atoms with Crippen LogP contribution in [0.25, 0.3) is 6.08 Å². The molecule has 0 atom stereocenters. The summed E-state index contributed by atoms with van der Waals surface area (Å²) >= 11 is 0. The molecule has 4 nitrogen and oxygen atoms in total. The van der Waals surface area contributed by atoms with Gasteiger partial charge in [0, 0.05) is 51.4 Å². The highest BCUT2D eigenvalue weighted by Gasteiger charge is 2.16. The van der Waals surface area contributed by atoms with Gasteiger partial charge in [-0.3, -0.25) is 9.69 Å². The van der Waals surface area contributed by atoms with Crippen molar-refractivity contribution in [3.8, 4) is 0 Å². The molecular formula is C24H31N3O. The van der Waals surface area contributed by atoms with Crippen molar-refractivity contribution in [1.82, 2.24) is 9.80 Å². The van der Waals surface area contributed by atoms with Gasteiger partial charge in [0.25, 0.3) is 0 Å². The molecule has 1 aliphatic heterocycles. The second-order valence-electron chi connectivity index (χ2n) is 7.55. The summed E-state index contributed by atoms with van der Waals surface area (Å²) in [7, 11) is 0. The van der Waals surface area contributed by atoms with Crippen molar-refractivity contribution < 1.29 is 4.79 Å². The maximum atomic E-state index is 12.2. The number of rotatable bonds is 7. The van der Waals surface area contributed by atoms with Gasteiger partial charge in [0.15, 0.2) is 0 Å². The summed E-state index contributed by atoms with van der Waals surface area (Å²) in [5, 5.41) is 3.02. The van der Waals surface area contributed by atoms with E-state index in [2.05, 4.69) is 71.4 Å². The van der Waals surface area contributed by atoms with Gasteiger partial charge in [0.05, 0.1) is 0 Å². The number of carbonyl (C=O) groups is 1. The fourth-order valence-corrected chi connectivity index (χ4v) is 3.40. The maximum absolute atomic E-state index is 12.2. The van der Waals surface area contributed by atoms with Gasteiger partial charge in [0.1, 0.15) is 0 Å². The monoisotopic (exact) mass is 377 g/mol. The van der Waals surface area contributed by atoms with Crippen LogP contribution in [0, 0.1) is 13.8 Å². The van der Waals surface area contributed by atoms with Gasteiger partial charge in [0.2, 0.25) is 5.91 Å². The molecule has 1 aliphatic rings. The van der Waals surface area contributed by atoms with E-state index in [0.29, 0.717) is 6.42 Å². The summed E-state index contributed by atoms with van der Waals surface area (Å²) in [6.07, 6.45) is 4.96. The molecule has 2 aromatic carbocycles. The Morgan fingerprint density at radius 3 is 2.39 bits per heavy atom. The lowest BCUT2D eigenvalue weighted by Crippen LogP contribution is -2.46. The second kappa shape index (κ2) is 10.2. The van der Waals surface area contributed by atoms with Gasteiger partial charge in [-0.25, -0.2) is 0 Å². The third-order valence-electron chi connectivity index (χ3n) is 5.38. The van der Waals surface area contributed by atoms with Gasteiger partial charge < -0.3 is 10.2 Å². The molecule has 4 heteroatoms. The maximum Gasteiger partial charge on any atom is 0.225 e. The highest BCUT2D eigenvalue weighted by molar-refractivity contribution is 5.90. The summed E-state index contributed by atoms with van der Waals surface area (Å²) < 4.78 is 0. The molecule has 1 heterocycles. The average Bonchev–Trinajstić information content (AvgIpc) is 2.71. The number of amides is 1. The molecule has 1 saturated heterocycles. The van der Waals surface area contributed by atoms with Gasteiger partial charge in [-0.15, -0.1) is 0 Å². The molecule has 3 rings (SSSR count). The van der Waals surface area contributed by atoms with Gasteiger partial charge >= 0.3 is 0 Å². The van der Waals surface area contributed by atoms with Gasteiger partial charge in [-0.1, -0.05) is 48.6 Å². The first kappa shape index (κ1) is 20.3. The SMILES string of the molecule is Cc1ccc(NC(=O)CCN2CCN(C/C=C\c3ccccc3)CC2)cc1C. The molecule has 0 bridgehead atoms. The number of carbonyl (C=O) groups excluding carboxylic acids is 1. The Kier molecular flexibility index (Phi) is 7.40. The molecule has 1 amide bonds. The minimum Gasteiger partial charge on any atom is -0.326 e. The lowest BCUT2D eigenvalue weighted by atomic mass is 10.1. The van der Waals surface area contributed by atoms with E-state index in [4.69, 9.17) is 0 Å². The van der Waals surface area contributed by atoms with Gasteiger partial charge in [-0.2, -0.15) is 0 Å². The van der Waals surface area contributed by atoms with E-state index in [0.717, 1.165) is 45.0 Å². The Bertz CT molecular complexity index is 793. The average molecular weight is 378 g/mol. The highest BCUT2D eigenvalue weighted by Crippen LogP contribution is 2.14. The summed E-state index contributed by atoms with van der Waals surface area (Å²) in [5.41, 5.74) is 4.59. The molecule has 28 heavy (non-hydrogen) atoms. The fourth-order valence-electron chi connectivity index (χ4n) is 3.40. The Morgan fingerprint density at radius 2 is 1.68 bits per heavy atom. The van der Waals surface area contributed by atoms with Crippen LogP contribution < -0.4 is 5.32 Å². The van der Waals surface area contributed by atoms with Crippen LogP contribution in [0.2, 0.25) is 0 Å². The van der Waals surface area contributed by atoms with Crippen LogP contribution in [0.4, 0.5) is 5.69 Å². The molecule has 0 saturated carbocycles. The first-order valence-electron chi connectivity index (χ1n) is 10.1. The Labute approximate surface area is 168 Å². The van der Waals surface area contributed by atoms with Crippen molar-refractivity contribution in [2.45, 2.75) is 20.3 Å². The van der Waals surface area contributed by atoms with Crippen LogP contribution in [-0.4, -0.2) is 55.0 Å². The Morgan fingerprint density at radius 1 is 0.964 bits per heavy atom. The number of benzene rings is 2. The van der Waals surface area contributed by atoms with Crippen molar-refractivity contribution >= 4 is 17.7 Å². The molecule has 0 spiro atoms. The molecular weight excluding hydrogens is 346 g/mol. The zero-order chi connectivity index (χ0) is 19.8. The Hall–Kier alpha value is -2.43. The lowest BCUT2D eigenvalue weighted by Gasteiger charge is -2.34. The molecule has 1 N–H and O–H groups in total. The number of hydrogen-bond acceptors (Lipinski definition) is 3. The number of piperazine rings is 1. The van der Waals surface area contributed by atoms with E-state index in [1.54, 1.807) is 0 Å². The van der Waals surface area contributed by atoms with Crippen molar-refractivity contribution in [3.05, 3.63) is 71.3 Å². The number of aryl methyl sites for hydroxylation is 2. The number of anilines is 1. The topological polar surface area (TPSA) is 35.6 Å². The number of nitrogens with one attached hydrogen (secondary N) is 1. The minimum absolute atomic E-state index is 0.0940. The van der Waals surface area contributed by atoms with Crippen LogP contribution in [0.1, 0.15) is 23.1 Å². The lowest BCUT2D eigenvalue weighted by molar-refractivity contribution is -0.116. The number of nitrogens with zero attached hydrogens (tertiary/aromatic N) is 2. The van der Waals surface area contributed by atoms with Crippen LogP contribution >= 0.6 is 0 Å². The summed E-state index contributed by atoms with van der Waals surface area (Å²) in [4.78, 5) is 17.1. The van der Waals surface area contributed by atoms with Crippen molar-refractivity contribution in [2.75, 3.05) is 44.6 Å².